The van der Waals surface area contributed by atoms with Crippen LogP contribution in [-0.2, 0) is 16.0 Å². The second-order valence-corrected chi connectivity index (χ2v) is 6.40. The molecule has 0 radical (unpaired) electrons. The van der Waals surface area contributed by atoms with E-state index in [4.69, 9.17) is 11.6 Å². The van der Waals surface area contributed by atoms with Gasteiger partial charge in [-0.1, -0.05) is 11.6 Å². The summed E-state index contributed by atoms with van der Waals surface area (Å²) < 4.78 is 0. The van der Waals surface area contributed by atoms with Gasteiger partial charge >= 0.3 is 6.03 Å². The summed E-state index contributed by atoms with van der Waals surface area (Å²) in [5.74, 6) is 0.138. The van der Waals surface area contributed by atoms with Crippen molar-refractivity contribution in [2.45, 2.75) is 25.3 Å². The predicted molar refractivity (Wildman–Crippen MR) is 92.1 cm³/mol. The number of urea groups is 1. The molecule has 2 aromatic rings. The maximum atomic E-state index is 12.5. The van der Waals surface area contributed by atoms with Crippen LogP contribution < -0.4 is 10.6 Å². The summed E-state index contributed by atoms with van der Waals surface area (Å²) in [6, 6.07) is 4.06. The van der Waals surface area contributed by atoms with Crippen LogP contribution in [0.1, 0.15) is 18.7 Å². The van der Waals surface area contributed by atoms with Gasteiger partial charge in [0.1, 0.15) is 11.9 Å². The Kier molecular flexibility index (Phi) is 4.89. The van der Waals surface area contributed by atoms with Crippen molar-refractivity contribution in [2.24, 2.45) is 0 Å². The Bertz CT molecular complexity index is 834. The molecule has 0 bridgehead atoms. The van der Waals surface area contributed by atoms with Crippen LogP contribution in [0.2, 0.25) is 5.02 Å². The van der Waals surface area contributed by atoms with E-state index in [1.807, 2.05) is 6.07 Å². The Morgan fingerprint density at radius 2 is 2.20 bits per heavy atom. The number of imidazole rings is 1. The maximum Gasteiger partial charge on any atom is 0.322 e. The van der Waals surface area contributed by atoms with Crippen molar-refractivity contribution in [3.05, 3.63) is 29.0 Å². The number of benzene rings is 1. The van der Waals surface area contributed by atoms with Crippen LogP contribution in [0.5, 0.6) is 0 Å². The molecule has 1 saturated heterocycles. The van der Waals surface area contributed by atoms with Crippen molar-refractivity contribution < 1.29 is 14.4 Å². The first-order valence-corrected chi connectivity index (χ1v) is 8.29. The van der Waals surface area contributed by atoms with Crippen molar-refractivity contribution >= 4 is 40.5 Å². The number of hydrogen-bond donors (Lipinski definition) is 3. The van der Waals surface area contributed by atoms with Gasteiger partial charge in [0.25, 0.3) is 0 Å². The first kappa shape index (κ1) is 17.2. The number of aromatic nitrogens is 2. The number of aromatic amines is 1. The zero-order valence-corrected chi connectivity index (χ0v) is 14.4. The Balaban J connectivity index is 1.60. The number of hydrogen-bond acceptors (Lipinski definition) is 4. The molecule has 1 unspecified atom stereocenters. The molecular weight excluding hydrogens is 346 g/mol. The van der Waals surface area contributed by atoms with E-state index in [9.17, 15) is 14.4 Å². The fourth-order valence-corrected chi connectivity index (χ4v) is 2.89. The highest BCUT2D eigenvalue weighted by Gasteiger charge is 2.28. The van der Waals surface area contributed by atoms with Crippen molar-refractivity contribution in [1.82, 2.24) is 25.5 Å². The summed E-state index contributed by atoms with van der Waals surface area (Å²) in [5, 5.41) is 5.30. The highest BCUT2D eigenvalue weighted by Crippen LogP contribution is 2.17. The average molecular weight is 364 g/mol. The third kappa shape index (κ3) is 4.08. The number of nitrogens with zero attached hydrogens (tertiary/aromatic N) is 2. The molecule has 8 nitrogen and oxygen atoms in total. The zero-order valence-electron chi connectivity index (χ0n) is 13.6. The second-order valence-electron chi connectivity index (χ2n) is 5.97. The van der Waals surface area contributed by atoms with E-state index in [-0.39, 0.29) is 24.7 Å². The average Bonchev–Trinajstić information content (AvgIpc) is 2.88. The van der Waals surface area contributed by atoms with Gasteiger partial charge in [-0.25, -0.2) is 9.78 Å². The highest BCUT2D eigenvalue weighted by atomic mass is 35.5. The summed E-state index contributed by atoms with van der Waals surface area (Å²) in [6.07, 6.45) is 0.948. The molecule has 9 heteroatoms. The number of carbonyl (C=O) groups is 3. The Morgan fingerprint density at radius 3 is 3.00 bits per heavy atom. The largest absolute Gasteiger partial charge is 0.344 e. The zero-order chi connectivity index (χ0) is 18.0. The molecular formula is C16H18ClN5O3. The summed E-state index contributed by atoms with van der Waals surface area (Å²) in [5.41, 5.74) is 1.66. The standard InChI is InChI=1S/C16H18ClN5O3/c1-22(15(24)11-4-5-14(23)21-16(25)20-11)7-6-13-18-10-3-2-9(17)8-12(10)19-13/h2-3,8,11H,4-7H2,1H3,(H,18,19)(H2,20,21,23,25). The molecule has 1 aliphatic rings. The third-order valence-corrected chi connectivity index (χ3v) is 4.30. The molecule has 1 aromatic carbocycles. The van der Waals surface area contributed by atoms with Gasteiger partial charge in [-0.05, 0) is 24.6 Å². The van der Waals surface area contributed by atoms with E-state index in [0.29, 0.717) is 18.0 Å². The second kappa shape index (κ2) is 7.10. The van der Waals surface area contributed by atoms with Crippen molar-refractivity contribution in [2.75, 3.05) is 13.6 Å². The van der Waals surface area contributed by atoms with Gasteiger partial charge in [0, 0.05) is 31.5 Å². The van der Waals surface area contributed by atoms with E-state index >= 15 is 0 Å². The number of likely N-dealkylation sites (N-methyl/N-ethyl adjacent to an activating group) is 1. The van der Waals surface area contributed by atoms with E-state index in [0.717, 1.165) is 16.9 Å². The maximum absolute atomic E-state index is 12.5. The summed E-state index contributed by atoms with van der Waals surface area (Å²) >= 11 is 5.95. The van der Waals surface area contributed by atoms with Crippen LogP contribution in [0.4, 0.5) is 4.79 Å². The fourth-order valence-electron chi connectivity index (χ4n) is 2.72. The number of imide groups is 1. The van der Waals surface area contributed by atoms with Crippen molar-refractivity contribution in [1.29, 1.82) is 0 Å². The van der Waals surface area contributed by atoms with Gasteiger partial charge in [-0.2, -0.15) is 0 Å². The SMILES string of the molecule is CN(CCc1nc2ccc(Cl)cc2[nH]1)C(=O)C1CCC(=O)NC(=O)N1. The van der Waals surface area contributed by atoms with E-state index in [1.165, 1.54) is 4.90 Å². The van der Waals surface area contributed by atoms with Crippen molar-refractivity contribution in [3.8, 4) is 0 Å². The number of rotatable bonds is 4. The van der Waals surface area contributed by atoms with Crippen LogP contribution in [0, 0.1) is 0 Å². The normalized spacial score (nSPS) is 17.8. The molecule has 1 aromatic heterocycles. The Morgan fingerprint density at radius 1 is 1.40 bits per heavy atom. The van der Waals surface area contributed by atoms with Crippen molar-refractivity contribution in [3.63, 3.8) is 0 Å². The lowest BCUT2D eigenvalue weighted by Gasteiger charge is -2.22. The third-order valence-electron chi connectivity index (χ3n) is 4.07. The summed E-state index contributed by atoms with van der Waals surface area (Å²) in [6.45, 7) is 0.431. The predicted octanol–water partition coefficient (Wildman–Crippen LogP) is 1.21. The van der Waals surface area contributed by atoms with Gasteiger partial charge < -0.3 is 15.2 Å². The van der Waals surface area contributed by atoms with Crippen LogP contribution in [-0.4, -0.2) is 52.3 Å². The Hall–Kier alpha value is -2.61. The van der Waals surface area contributed by atoms with Gasteiger partial charge in [0.15, 0.2) is 0 Å². The monoisotopic (exact) mass is 363 g/mol. The van der Waals surface area contributed by atoms with E-state index in [2.05, 4.69) is 20.6 Å². The number of halogens is 1. The smallest absolute Gasteiger partial charge is 0.322 e. The van der Waals surface area contributed by atoms with E-state index < -0.39 is 12.1 Å². The lowest BCUT2D eigenvalue weighted by atomic mass is 10.1. The number of H-pyrrole nitrogens is 1. The molecule has 25 heavy (non-hydrogen) atoms. The van der Waals surface area contributed by atoms with Gasteiger partial charge in [-0.3, -0.25) is 14.9 Å². The number of amides is 4. The van der Waals surface area contributed by atoms with Crippen LogP contribution in [0.15, 0.2) is 18.2 Å². The van der Waals surface area contributed by atoms with Gasteiger partial charge in [0.2, 0.25) is 11.8 Å². The van der Waals surface area contributed by atoms with Crippen LogP contribution in [0.3, 0.4) is 0 Å². The lowest BCUT2D eigenvalue weighted by Crippen LogP contribution is -2.49. The van der Waals surface area contributed by atoms with E-state index in [1.54, 1.807) is 19.2 Å². The van der Waals surface area contributed by atoms with Crippen LogP contribution >= 0.6 is 11.6 Å². The lowest BCUT2D eigenvalue weighted by molar-refractivity contribution is -0.132. The number of nitrogens with one attached hydrogen (secondary N) is 3. The fraction of sp³-hybridized carbons (Fsp3) is 0.375. The molecule has 3 N–H and O–H groups in total. The molecule has 4 amide bonds. The molecule has 132 valence electrons. The Labute approximate surface area is 148 Å². The quantitative estimate of drug-likeness (QED) is 0.758. The highest BCUT2D eigenvalue weighted by molar-refractivity contribution is 6.31. The van der Waals surface area contributed by atoms with Crippen LogP contribution in [0.25, 0.3) is 11.0 Å². The molecule has 1 atom stereocenters. The number of fused-ring (bicyclic) bond motifs is 1. The molecule has 0 aliphatic carbocycles. The molecule has 1 aliphatic heterocycles. The summed E-state index contributed by atoms with van der Waals surface area (Å²) in [7, 11) is 1.66. The minimum atomic E-state index is -0.703. The minimum absolute atomic E-state index is 0.132. The molecule has 3 rings (SSSR count). The first-order chi connectivity index (χ1) is 11.9. The topological polar surface area (TPSA) is 107 Å². The molecule has 0 saturated carbocycles. The summed E-state index contributed by atoms with van der Waals surface area (Å²) in [4.78, 5) is 44.5. The molecule has 0 spiro atoms. The number of carbonyl (C=O) groups excluding carboxylic acids is 3. The molecule has 1 fully saturated rings. The minimum Gasteiger partial charge on any atom is -0.344 e. The van der Waals surface area contributed by atoms with Gasteiger partial charge in [-0.15, -0.1) is 0 Å². The van der Waals surface area contributed by atoms with Gasteiger partial charge in [0.05, 0.1) is 11.0 Å². The first-order valence-electron chi connectivity index (χ1n) is 7.92. The molecule has 2 heterocycles.